The Hall–Kier alpha value is -0.330. The van der Waals surface area contributed by atoms with Crippen molar-refractivity contribution >= 4 is 35.1 Å². The lowest BCUT2D eigenvalue weighted by molar-refractivity contribution is -0.129. The number of hydrogen-bond acceptors (Lipinski definition) is 3. The number of thiocarbonyl (C=S) groups is 1. The van der Waals surface area contributed by atoms with Gasteiger partial charge in [0, 0.05) is 13.0 Å². The molecule has 0 radical (unpaired) electrons. The van der Waals surface area contributed by atoms with Crippen LogP contribution in [0.2, 0.25) is 0 Å². The molecule has 6 heteroatoms. The summed E-state index contributed by atoms with van der Waals surface area (Å²) in [4.78, 5) is 10.9. The Morgan fingerprint density at radius 1 is 0.419 bits per heavy atom. The first-order chi connectivity index (χ1) is 21.2. The summed E-state index contributed by atoms with van der Waals surface area (Å²) in [6.45, 7) is 0.980. The van der Waals surface area contributed by atoms with Crippen molar-refractivity contribution in [1.82, 2.24) is 10.8 Å². The van der Waals surface area contributed by atoms with Crippen molar-refractivity contribution in [2.75, 3.05) is 6.54 Å². The van der Waals surface area contributed by atoms with E-state index in [4.69, 9.17) is 17.4 Å². The average Bonchev–Trinajstić information content (AvgIpc) is 3.00. The quantitative estimate of drug-likeness (QED) is 0.0180. The van der Waals surface area contributed by atoms with Crippen LogP contribution >= 0.6 is 24.8 Å². The second-order valence-corrected chi connectivity index (χ2v) is 14.3. The van der Waals surface area contributed by atoms with Crippen molar-refractivity contribution in [2.24, 2.45) is 0 Å². The van der Waals surface area contributed by atoms with Gasteiger partial charge >= 0.3 is 0 Å². The third kappa shape index (κ3) is 39.6. The second kappa shape index (κ2) is 37.9. The highest BCUT2D eigenvalue weighted by Crippen LogP contribution is 2.17. The molecule has 0 spiro atoms. The number of hydroxylamine groups is 1. The van der Waals surface area contributed by atoms with Crippen molar-refractivity contribution < 1.29 is 10.0 Å². The lowest BCUT2D eigenvalue weighted by Crippen LogP contribution is -2.17. The number of hydrogen-bond donors (Lipinski definition) is 4. The van der Waals surface area contributed by atoms with Crippen molar-refractivity contribution in [3.05, 3.63) is 0 Å². The first-order valence-electron chi connectivity index (χ1n) is 19.1. The zero-order valence-electron chi connectivity index (χ0n) is 28.5. The lowest BCUT2D eigenvalue weighted by Gasteiger charge is -2.05. The van der Waals surface area contributed by atoms with Gasteiger partial charge in [0.15, 0.2) is 0 Å². The standard InChI is InChI=1S/C37H74N2O2S2/c40-36(39-41)34-32-30-28-26-24-22-20-18-16-14-12-10-8-6-4-2-1-3-5-7-9-11-13-15-17-19-21-23-25-27-29-31-33-35-38-37(42)43/h41H,1-35H2,(H,39,40)(H2,38,42,43). The molecule has 0 fully saturated rings. The second-order valence-electron chi connectivity index (χ2n) is 13.2. The Morgan fingerprint density at radius 2 is 0.628 bits per heavy atom. The number of rotatable bonds is 36. The molecule has 4 nitrogen and oxygen atoms in total. The van der Waals surface area contributed by atoms with E-state index in [0.29, 0.717) is 10.7 Å². The number of carbonyl (C=O) groups excluding carboxylic acids is 1. The fourth-order valence-electron chi connectivity index (χ4n) is 6.14. The average molecular weight is 643 g/mol. The molecule has 0 aliphatic carbocycles. The van der Waals surface area contributed by atoms with Crippen LogP contribution in [0.5, 0.6) is 0 Å². The molecule has 0 rings (SSSR count). The molecule has 0 unspecified atom stereocenters. The largest absolute Gasteiger partial charge is 0.371 e. The minimum Gasteiger partial charge on any atom is -0.371 e. The Bertz CT molecular complexity index is 577. The van der Waals surface area contributed by atoms with E-state index < -0.39 is 0 Å². The summed E-state index contributed by atoms with van der Waals surface area (Å²) in [7, 11) is 0. The predicted molar refractivity (Wildman–Crippen MR) is 196 cm³/mol. The summed E-state index contributed by atoms with van der Waals surface area (Å²) in [5, 5.41) is 11.6. The van der Waals surface area contributed by atoms with Gasteiger partial charge in [0.2, 0.25) is 5.91 Å². The molecule has 0 saturated carbocycles. The molecule has 0 aliphatic rings. The number of nitrogens with one attached hydrogen (secondary N) is 2. The molecule has 0 atom stereocenters. The van der Waals surface area contributed by atoms with E-state index in [1.807, 2.05) is 0 Å². The first kappa shape index (κ1) is 42.7. The molecule has 0 aromatic carbocycles. The third-order valence-corrected chi connectivity index (χ3v) is 9.28. The Kier molecular flexibility index (Phi) is 37.6. The van der Waals surface area contributed by atoms with Gasteiger partial charge in [-0.15, -0.1) is 12.6 Å². The molecule has 0 saturated heterocycles. The minimum atomic E-state index is -0.257. The minimum absolute atomic E-state index is 0.257. The van der Waals surface area contributed by atoms with E-state index in [0.717, 1.165) is 19.4 Å². The number of amides is 1. The van der Waals surface area contributed by atoms with E-state index in [1.165, 1.54) is 199 Å². The monoisotopic (exact) mass is 643 g/mol. The van der Waals surface area contributed by atoms with Gasteiger partial charge in [0.1, 0.15) is 4.32 Å². The third-order valence-electron chi connectivity index (χ3n) is 8.98. The highest BCUT2D eigenvalue weighted by atomic mass is 32.1. The Morgan fingerprint density at radius 3 is 0.837 bits per heavy atom. The van der Waals surface area contributed by atoms with Gasteiger partial charge in [-0.2, -0.15) is 0 Å². The van der Waals surface area contributed by atoms with E-state index in [9.17, 15) is 4.79 Å². The molecule has 0 aliphatic heterocycles. The van der Waals surface area contributed by atoms with Crippen LogP contribution in [0.1, 0.15) is 218 Å². The molecule has 3 N–H and O–H groups in total. The van der Waals surface area contributed by atoms with Crippen LogP contribution in [0.15, 0.2) is 0 Å². The summed E-state index contributed by atoms with van der Waals surface area (Å²) in [5.41, 5.74) is 1.70. The molecule has 0 heterocycles. The van der Waals surface area contributed by atoms with Gasteiger partial charge in [-0.3, -0.25) is 10.0 Å². The summed E-state index contributed by atoms with van der Waals surface area (Å²) >= 11 is 8.99. The van der Waals surface area contributed by atoms with Gasteiger partial charge in [0.05, 0.1) is 0 Å². The molecule has 0 aromatic heterocycles. The first-order valence-corrected chi connectivity index (χ1v) is 19.9. The van der Waals surface area contributed by atoms with Crippen LogP contribution in [0.25, 0.3) is 0 Å². The van der Waals surface area contributed by atoms with Crippen LogP contribution in [-0.4, -0.2) is 22.0 Å². The number of thiol groups is 1. The van der Waals surface area contributed by atoms with E-state index in [2.05, 4.69) is 17.9 Å². The molecular weight excluding hydrogens is 569 g/mol. The molecular formula is C37H74N2O2S2. The van der Waals surface area contributed by atoms with Crippen molar-refractivity contribution in [1.29, 1.82) is 0 Å². The Labute approximate surface area is 279 Å². The zero-order valence-corrected chi connectivity index (χ0v) is 30.2. The van der Waals surface area contributed by atoms with Gasteiger partial charge < -0.3 is 5.32 Å². The highest BCUT2D eigenvalue weighted by Gasteiger charge is 1.99. The Balaban J connectivity index is 3.05. The maximum Gasteiger partial charge on any atom is 0.243 e. The molecule has 256 valence electrons. The summed E-state index contributed by atoms with van der Waals surface area (Å²) in [5.74, 6) is -0.257. The van der Waals surface area contributed by atoms with Gasteiger partial charge in [-0.1, -0.05) is 211 Å². The topological polar surface area (TPSA) is 61.4 Å². The highest BCUT2D eigenvalue weighted by molar-refractivity contribution is 8.11. The normalized spacial score (nSPS) is 11.2. The van der Waals surface area contributed by atoms with E-state index in [-0.39, 0.29) is 5.91 Å². The number of carbonyl (C=O) groups is 1. The van der Waals surface area contributed by atoms with E-state index in [1.54, 1.807) is 5.48 Å². The fraction of sp³-hybridized carbons (Fsp3) is 0.946. The van der Waals surface area contributed by atoms with Gasteiger partial charge in [-0.05, 0) is 12.8 Å². The van der Waals surface area contributed by atoms with Crippen molar-refractivity contribution in [2.45, 2.75) is 218 Å². The fourth-order valence-corrected chi connectivity index (χ4v) is 6.36. The smallest absolute Gasteiger partial charge is 0.243 e. The maximum absolute atomic E-state index is 10.9. The molecule has 1 amide bonds. The predicted octanol–water partition coefficient (Wildman–Crippen LogP) is 12.6. The van der Waals surface area contributed by atoms with Crippen LogP contribution in [0, 0.1) is 0 Å². The summed E-state index contributed by atoms with van der Waals surface area (Å²) in [6, 6.07) is 0. The van der Waals surface area contributed by atoms with E-state index >= 15 is 0 Å². The lowest BCUT2D eigenvalue weighted by atomic mass is 10.0. The van der Waals surface area contributed by atoms with Crippen LogP contribution in [0.4, 0.5) is 0 Å². The SMILES string of the molecule is O=C(CCCCCCCCCCCCCCCCCCCCCCCCCCCCCCCCCCCNC(=S)S)NO. The van der Waals surface area contributed by atoms with Crippen LogP contribution in [-0.2, 0) is 4.79 Å². The van der Waals surface area contributed by atoms with Gasteiger partial charge in [-0.25, -0.2) is 5.48 Å². The molecule has 43 heavy (non-hydrogen) atoms. The maximum atomic E-state index is 10.9. The van der Waals surface area contributed by atoms with Gasteiger partial charge in [0.25, 0.3) is 0 Å². The summed E-state index contributed by atoms with van der Waals surface area (Å²) in [6.07, 6.45) is 46.2. The van der Waals surface area contributed by atoms with Crippen LogP contribution in [0.3, 0.4) is 0 Å². The number of unbranched alkanes of at least 4 members (excludes halogenated alkanes) is 32. The molecule has 0 bridgehead atoms. The molecule has 0 aromatic rings. The zero-order chi connectivity index (χ0) is 31.3. The van der Waals surface area contributed by atoms with Crippen molar-refractivity contribution in [3.63, 3.8) is 0 Å². The van der Waals surface area contributed by atoms with Crippen LogP contribution < -0.4 is 10.8 Å². The summed E-state index contributed by atoms with van der Waals surface area (Å²) < 4.78 is 0.624. The van der Waals surface area contributed by atoms with Crippen molar-refractivity contribution in [3.8, 4) is 0 Å².